The zero-order valence-electron chi connectivity index (χ0n) is 15.5. The standard InChI is InChI=1S/C20H19N5O3/c1-13-23-24-19(28-13)11-25(2)10-14-3-5-15(6-4-14)20-21-17(9-18(26)22-20)16-7-8-27-12-16/h3-9,12H,10-11H2,1-2H3,(H,21,22,26). The summed E-state index contributed by atoms with van der Waals surface area (Å²) in [6.07, 6.45) is 3.12. The summed E-state index contributed by atoms with van der Waals surface area (Å²) in [5, 5.41) is 7.85. The number of benzene rings is 1. The molecular formula is C20H19N5O3. The lowest BCUT2D eigenvalue weighted by Gasteiger charge is -2.14. The SMILES string of the molecule is Cc1nnc(CN(C)Cc2ccc(-c3nc(-c4ccoc4)cc(=O)[nH]3)cc2)o1. The van der Waals surface area contributed by atoms with Crippen molar-refractivity contribution in [2.45, 2.75) is 20.0 Å². The predicted octanol–water partition coefficient (Wildman–Crippen LogP) is 3.02. The molecule has 0 saturated heterocycles. The van der Waals surface area contributed by atoms with Crippen LogP contribution in [0.4, 0.5) is 0 Å². The van der Waals surface area contributed by atoms with E-state index in [0.29, 0.717) is 29.8 Å². The summed E-state index contributed by atoms with van der Waals surface area (Å²) in [7, 11) is 1.99. The number of hydrogen-bond acceptors (Lipinski definition) is 7. The van der Waals surface area contributed by atoms with Crippen molar-refractivity contribution in [3.8, 4) is 22.6 Å². The third-order valence-corrected chi connectivity index (χ3v) is 4.21. The van der Waals surface area contributed by atoms with Crippen LogP contribution >= 0.6 is 0 Å². The lowest BCUT2D eigenvalue weighted by molar-refractivity contribution is 0.279. The van der Waals surface area contributed by atoms with E-state index >= 15 is 0 Å². The van der Waals surface area contributed by atoms with E-state index in [2.05, 4.69) is 25.1 Å². The van der Waals surface area contributed by atoms with Crippen LogP contribution in [0.1, 0.15) is 17.3 Å². The van der Waals surface area contributed by atoms with Crippen molar-refractivity contribution in [3.05, 3.63) is 76.6 Å². The first-order valence-corrected chi connectivity index (χ1v) is 8.77. The number of nitrogens with one attached hydrogen (secondary N) is 1. The quantitative estimate of drug-likeness (QED) is 0.551. The zero-order chi connectivity index (χ0) is 19.5. The van der Waals surface area contributed by atoms with Gasteiger partial charge in [-0.05, 0) is 18.7 Å². The van der Waals surface area contributed by atoms with Crippen LogP contribution in [0.3, 0.4) is 0 Å². The van der Waals surface area contributed by atoms with Gasteiger partial charge in [0, 0.05) is 30.7 Å². The van der Waals surface area contributed by atoms with E-state index in [1.807, 2.05) is 31.3 Å². The number of aromatic amines is 1. The lowest BCUT2D eigenvalue weighted by atomic mass is 10.1. The predicted molar refractivity (Wildman–Crippen MR) is 102 cm³/mol. The topological polar surface area (TPSA) is 101 Å². The van der Waals surface area contributed by atoms with Crippen LogP contribution in [-0.4, -0.2) is 32.1 Å². The maximum absolute atomic E-state index is 12.0. The van der Waals surface area contributed by atoms with Crippen LogP contribution in [0.2, 0.25) is 0 Å². The normalized spacial score (nSPS) is 11.2. The molecule has 1 N–H and O–H groups in total. The number of aryl methyl sites for hydroxylation is 1. The largest absolute Gasteiger partial charge is 0.472 e. The molecule has 0 atom stereocenters. The van der Waals surface area contributed by atoms with Gasteiger partial charge in [0.2, 0.25) is 11.8 Å². The second-order valence-corrected chi connectivity index (χ2v) is 6.58. The van der Waals surface area contributed by atoms with Crippen LogP contribution in [-0.2, 0) is 13.1 Å². The summed E-state index contributed by atoms with van der Waals surface area (Å²) in [4.78, 5) is 21.4. The Morgan fingerprint density at radius 1 is 1.07 bits per heavy atom. The number of H-pyrrole nitrogens is 1. The Kier molecular flexibility index (Phi) is 4.86. The van der Waals surface area contributed by atoms with Gasteiger partial charge in [0.1, 0.15) is 5.82 Å². The van der Waals surface area contributed by atoms with Gasteiger partial charge in [0.25, 0.3) is 5.56 Å². The molecule has 8 nitrogen and oxygen atoms in total. The van der Waals surface area contributed by atoms with Crippen molar-refractivity contribution >= 4 is 0 Å². The molecule has 0 bridgehead atoms. The van der Waals surface area contributed by atoms with Gasteiger partial charge >= 0.3 is 0 Å². The van der Waals surface area contributed by atoms with Crippen molar-refractivity contribution < 1.29 is 8.83 Å². The van der Waals surface area contributed by atoms with Gasteiger partial charge in [-0.15, -0.1) is 10.2 Å². The molecule has 0 spiro atoms. The zero-order valence-corrected chi connectivity index (χ0v) is 15.5. The first kappa shape index (κ1) is 17.9. The Bertz CT molecular complexity index is 1110. The fraction of sp³-hybridized carbons (Fsp3) is 0.200. The van der Waals surface area contributed by atoms with E-state index in [9.17, 15) is 4.79 Å². The van der Waals surface area contributed by atoms with E-state index in [1.54, 1.807) is 25.5 Å². The maximum Gasteiger partial charge on any atom is 0.251 e. The highest BCUT2D eigenvalue weighted by atomic mass is 16.4. The van der Waals surface area contributed by atoms with Gasteiger partial charge in [-0.1, -0.05) is 24.3 Å². The molecule has 1 aromatic carbocycles. The Morgan fingerprint density at radius 2 is 1.89 bits per heavy atom. The average molecular weight is 377 g/mol. The van der Waals surface area contributed by atoms with Crippen LogP contribution in [0.25, 0.3) is 22.6 Å². The summed E-state index contributed by atoms with van der Waals surface area (Å²) in [5.74, 6) is 1.67. The summed E-state index contributed by atoms with van der Waals surface area (Å²) in [6.45, 7) is 3.07. The van der Waals surface area contributed by atoms with E-state index in [-0.39, 0.29) is 5.56 Å². The van der Waals surface area contributed by atoms with Gasteiger partial charge in [-0.3, -0.25) is 9.69 Å². The highest BCUT2D eigenvalue weighted by Gasteiger charge is 2.09. The van der Waals surface area contributed by atoms with Gasteiger partial charge in [0.15, 0.2) is 0 Å². The molecule has 0 aliphatic rings. The Morgan fingerprint density at radius 3 is 2.57 bits per heavy atom. The van der Waals surface area contributed by atoms with Gasteiger partial charge in [-0.2, -0.15) is 0 Å². The number of rotatable bonds is 6. The lowest BCUT2D eigenvalue weighted by Crippen LogP contribution is -2.17. The second kappa shape index (κ2) is 7.61. The van der Waals surface area contributed by atoms with Crippen molar-refractivity contribution in [3.63, 3.8) is 0 Å². The van der Waals surface area contributed by atoms with Crippen LogP contribution in [0.15, 0.2) is 62.6 Å². The van der Waals surface area contributed by atoms with Gasteiger partial charge in [-0.25, -0.2) is 4.98 Å². The van der Waals surface area contributed by atoms with Crippen molar-refractivity contribution in [1.82, 2.24) is 25.1 Å². The fourth-order valence-electron chi connectivity index (χ4n) is 2.92. The van der Waals surface area contributed by atoms with E-state index in [0.717, 1.165) is 23.2 Å². The Balaban J connectivity index is 1.49. The third kappa shape index (κ3) is 4.07. The van der Waals surface area contributed by atoms with E-state index in [1.165, 1.54) is 6.07 Å². The Labute approximate surface area is 160 Å². The number of furan rings is 1. The highest BCUT2D eigenvalue weighted by Crippen LogP contribution is 2.20. The molecule has 4 aromatic rings. The monoisotopic (exact) mass is 377 g/mol. The van der Waals surface area contributed by atoms with Crippen molar-refractivity contribution in [2.24, 2.45) is 0 Å². The fourth-order valence-corrected chi connectivity index (χ4v) is 2.92. The molecule has 4 rings (SSSR count). The van der Waals surface area contributed by atoms with Gasteiger partial charge < -0.3 is 13.8 Å². The first-order chi connectivity index (χ1) is 13.6. The number of hydrogen-bond donors (Lipinski definition) is 1. The number of nitrogens with zero attached hydrogens (tertiary/aromatic N) is 4. The number of aromatic nitrogens is 4. The first-order valence-electron chi connectivity index (χ1n) is 8.77. The molecule has 0 saturated carbocycles. The van der Waals surface area contributed by atoms with E-state index < -0.39 is 0 Å². The minimum Gasteiger partial charge on any atom is -0.472 e. The van der Waals surface area contributed by atoms with Crippen LogP contribution in [0.5, 0.6) is 0 Å². The summed E-state index contributed by atoms with van der Waals surface area (Å²) in [5.41, 5.74) is 3.09. The maximum atomic E-state index is 12.0. The van der Waals surface area contributed by atoms with Crippen molar-refractivity contribution in [2.75, 3.05) is 7.05 Å². The van der Waals surface area contributed by atoms with E-state index in [4.69, 9.17) is 8.83 Å². The molecule has 0 amide bonds. The molecule has 8 heteroatoms. The molecule has 0 unspecified atom stereocenters. The van der Waals surface area contributed by atoms with Gasteiger partial charge in [0.05, 0.1) is 24.8 Å². The second-order valence-electron chi connectivity index (χ2n) is 6.58. The smallest absolute Gasteiger partial charge is 0.251 e. The summed E-state index contributed by atoms with van der Waals surface area (Å²) < 4.78 is 10.5. The molecule has 0 fully saturated rings. The highest BCUT2D eigenvalue weighted by molar-refractivity contribution is 5.62. The third-order valence-electron chi connectivity index (χ3n) is 4.21. The Hall–Kier alpha value is -3.52. The molecular weight excluding hydrogens is 358 g/mol. The average Bonchev–Trinajstić information content (AvgIpc) is 3.34. The molecule has 0 aliphatic carbocycles. The molecule has 3 aromatic heterocycles. The molecule has 142 valence electrons. The van der Waals surface area contributed by atoms with Crippen molar-refractivity contribution in [1.29, 1.82) is 0 Å². The summed E-state index contributed by atoms with van der Waals surface area (Å²) in [6, 6.07) is 11.1. The van der Waals surface area contributed by atoms with Crippen LogP contribution < -0.4 is 5.56 Å². The molecule has 3 heterocycles. The minimum absolute atomic E-state index is 0.208. The molecule has 28 heavy (non-hydrogen) atoms. The summed E-state index contributed by atoms with van der Waals surface area (Å²) >= 11 is 0. The van der Waals surface area contributed by atoms with Crippen LogP contribution in [0, 0.1) is 6.92 Å². The minimum atomic E-state index is -0.208. The molecule has 0 radical (unpaired) electrons. The molecule has 0 aliphatic heterocycles.